The molecule has 12 nitrogen and oxygen atoms in total. The van der Waals surface area contributed by atoms with Crippen LogP contribution in [0.25, 0.3) is 0 Å². The van der Waals surface area contributed by atoms with E-state index in [4.69, 9.17) is 29.9 Å². The number of rotatable bonds is 14. The van der Waals surface area contributed by atoms with Crippen LogP contribution < -0.4 is 9.47 Å². The summed E-state index contributed by atoms with van der Waals surface area (Å²) in [5, 5.41) is 33.8. The minimum atomic E-state index is -2.74. The van der Waals surface area contributed by atoms with Crippen molar-refractivity contribution in [2.24, 2.45) is 0 Å². The van der Waals surface area contributed by atoms with E-state index in [2.05, 4.69) is 47.9 Å². The summed E-state index contributed by atoms with van der Waals surface area (Å²) in [7, 11) is 7.54. The number of aliphatic carboxylic acids is 3. The lowest BCUT2D eigenvalue weighted by molar-refractivity contribution is -0.170. The van der Waals surface area contributed by atoms with Gasteiger partial charge in [0.15, 0.2) is 17.1 Å². The minimum absolute atomic E-state index is 0.772. The molecule has 2 aromatic rings. The monoisotopic (exact) mass is 535 g/mol. The van der Waals surface area contributed by atoms with Crippen molar-refractivity contribution in [3.8, 4) is 11.5 Å². The van der Waals surface area contributed by atoms with Crippen molar-refractivity contribution in [1.82, 2.24) is 14.8 Å². The number of nitrogens with zero attached hydrogens (tertiary/aromatic N) is 3. The third kappa shape index (κ3) is 11.1. The Hall–Kier alpha value is -3.74. The van der Waals surface area contributed by atoms with Gasteiger partial charge in [0.05, 0.1) is 32.8 Å². The first-order valence-electron chi connectivity index (χ1n) is 11.7. The fourth-order valence-electron chi connectivity index (χ4n) is 3.42. The number of pyridine rings is 1. The predicted molar refractivity (Wildman–Crippen MR) is 138 cm³/mol. The van der Waals surface area contributed by atoms with E-state index in [1.165, 1.54) is 11.1 Å². The molecule has 0 fully saturated rings. The molecule has 1 aromatic heterocycles. The molecule has 0 saturated carbocycles. The summed E-state index contributed by atoms with van der Waals surface area (Å²) in [5.41, 5.74) is 0.790. The Balaban J connectivity index is 0.000000471. The SMILES string of the molecule is COc1cc(C)c(CN(CCN(C)C)Cc2ccccn2)cc1OC.O=C(O)CC(O)(CC(=O)O)C(=O)O. The zero-order valence-electron chi connectivity index (χ0n) is 22.4. The number of carboxylic acid groups (broad SMARTS) is 3. The van der Waals surface area contributed by atoms with Crippen LogP contribution in [0.2, 0.25) is 0 Å². The maximum atomic E-state index is 10.3. The highest BCUT2D eigenvalue weighted by atomic mass is 16.5. The van der Waals surface area contributed by atoms with Crippen LogP contribution in [0.1, 0.15) is 29.7 Å². The van der Waals surface area contributed by atoms with Crippen molar-refractivity contribution < 1.29 is 44.3 Å². The lowest BCUT2D eigenvalue weighted by atomic mass is 9.96. The molecular weight excluding hydrogens is 498 g/mol. The Morgan fingerprint density at radius 1 is 0.921 bits per heavy atom. The molecule has 0 saturated heterocycles. The van der Waals surface area contributed by atoms with E-state index in [1.54, 1.807) is 14.2 Å². The average Bonchev–Trinajstić information content (AvgIpc) is 2.83. The molecule has 12 heteroatoms. The van der Waals surface area contributed by atoms with Gasteiger partial charge in [0, 0.05) is 32.4 Å². The van der Waals surface area contributed by atoms with E-state index in [0.29, 0.717) is 0 Å². The number of aryl methyl sites for hydroxylation is 1. The fourth-order valence-corrected chi connectivity index (χ4v) is 3.42. The molecule has 2 rings (SSSR count). The molecule has 0 aliphatic rings. The first kappa shape index (κ1) is 32.3. The first-order chi connectivity index (χ1) is 17.8. The van der Waals surface area contributed by atoms with E-state index in [1.807, 2.05) is 24.4 Å². The van der Waals surface area contributed by atoms with Crippen LogP contribution in [0.4, 0.5) is 0 Å². The van der Waals surface area contributed by atoms with Crippen LogP contribution >= 0.6 is 0 Å². The summed E-state index contributed by atoms with van der Waals surface area (Å²) in [6.45, 7) is 5.75. The molecule has 1 aromatic carbocycles. The summed E-state index contributed by atoms with van der Waals surface area (Å²) in [6.07, 6.45) is -0.440. The lowest BCUT2D eigenvalue weighted by Crippen LogP contribution is -2.42. The molecule has 0 aliphatic carbocycles. The van der Waals surface area contributed by atoms with Crippen molar-refractivity contribution >= 4 is 17.9 Å². The molecule has 0 bridgehead atoms. The van der Waals surface area contributed by atoms with E-state index < -0.39 is 36.4 Å². The second-order valence-electron chi connectivity index (χ2n) is 8.95. The van der Waals surface area contributed by atoms with Gasteiger partial charge < -0.3 is 34.8 Å². The smallest absolute Gasteiger partial charge is 0.336 e. The molecule has 0 amide bonds. The van der Waals surface area contributed by atoms with Crippen LogP contribution in [0, 0.1) is 6.92 Å². The number of aromatic nitrogens is 1. The zero-order chi connectivity index (χ0) is 28.9. The Bertz CT molecular complexity index is 1050. The first-order valence-corrected chi connectivity index (χ1v) is 11.7. The summed E-state index contributed by atoms with van der Waals surface area (Å²) in [6, 6.07) is 10.2. The number of likely N-dealkylation sites (N-methyl/N-ethyl adjacent to an activating group) is 1. The van der Waals surface area contributed by atoms with E-state index in [-0.39, 0.29) is 0 Å². The summed E-state index contributed by atoms with van der Waals surface area (Å²) < 4.78 is 10.9. The largest absolute Gasteiger partial charge is 0.493 e. The summed E-state index contributed by atoms with van der Waals surface area (Å²) >= 11 is 0. The Labute approximate surface area is 222 Å². The Kier molecular flexibility index (Phi) is 13.2. The number of benzene rings is 1. The van der Waals surface area contributed by atoms with Gasteiger partial charge in [-0.3, -0.25) is 19.5 Å². The lowest BCUT2D eigenvalue weighted by Gasteiger charge is -2.25. The summed E-state index contributed by atoms with van der Waals surface area (Å²) in [5.74, 6) is -3.48. The van der Waals surface area contributed by atoms with Crippen LogP contribution in [0.5, 0.6) is 11.5 Å². The van der Waals surface area contributed by atoms with E-state index >= 15 is 0 Å². The Morgan fingerprint density at radius 3 is 1.95 bits per heavy atom. The molecule has 0 aliphatic heterocycles. The van der Waals surface area contributed by atoms with Gasteiger partial charge >= 0.3 is 17.9 Å². The van der Waals surface area contributed by atoms with Gasteiger partial charge in [-0.15, -0.1) is 0 Å². The van der Waals surface area contributed by atoms with Crippen molar-refractivity contribution in [2.45, 2.75) is 38.5 Å². The number of carboxylic acids is 3. The molecular formula is C26H37N3O9. The maximum absolute atomic E-state index is 10.3. The van der Waals surface area contributed by atoms with Gasteiger partial charge in [-0.05, 0) is 56.4 Å². The predicted octanol–water partition coefficient (Wildman–Crippen LogP) is 1.72. The molecule has 1 heterocycles. The minimum Gasteiger partial charge on any atom is -0.493 e. The molecule has 0 radical (unpaired) electrons. The van der Waals surface area contributed by atoms with E-state index in [0.717, 1.165) is 43.4 Å². The van der Waals surface area contributed by atoms with Crippen molar-refractivity contribution in [3.05, 3.63) is 53.3 Å². The van der Waals surface area contributed by atoms with Crippen LogP contribution in [-0.4, -0.2) is 100 Å². The van der Waals surface area contributed by atoms with Crippen molar-refractivity contribution in [2.75, 3.05) is 41.4 Å². The van der Waals surface area contributed by atoms with Gasteiger partial charge in [-0.2, -0.15) is 0 Å². The fraction of sp³-hybridized carbons (Fsp3) is 0.462. The third-order valence-electron chi connectivity index (χ3n) is 5.50. The van der Waals surface area contributed by atoms with Crippen molar-refractivity contribution in [1.29, 1.82) is 0 Å². The Morgan fingerprint density at radius 2 is 1.50 bits per heavy atom. The number of hydrogen-bond acceptors (Lipinski definition) is 9. The number of methoxy groups -OCH3 is 2. The molecule has 38 heavy (non-hydrogen) atoms. The highest BCUT2D eigenvalue weighted by Crippen LogP contribution is 2.31. The average molecular weight is 536 g/mol. The quantitative estimate of drug-likeness (QED) is 0.277. The molecule has 0 unspecified atom stereocenters. The van der Waals surface area contributed by atoms with Gasteiger partial charge in [-0.25, -0.2) is 4.79 Å². The van der Waals surface area contributed by atoms with Crippen LogP contribution in [0.15, 0.2) is 36.5 Å². The van der Waals surface area contributed by atoms with Gasteiger partial charge in [-0.1, -0.05) is 6.07 Å². The number of aliphatic hydroxyl groups is 1. The molecule has 0 atom stereocenters. The zero-order valence-corrected chi connectivity index (χ0v) is 22.4. The van der Waals surface area contributed by atoms with Crippen LogP contribution in [0.3, 0.4) is 0 Å². The van der Waals surface area contributed by atoms with Gasteiger partial charge in [0.2, 0.25) is 0 Å². The second kappa shape index (κ2) is 15.5. The molecule has 4 N–H and O–H groups in total. The maximum Gasteiger partial charge on any atom is 0.336 e. The number of carbonyl (C=O) groups is 3. The number of ether oxygens (including phenoxy) is 2. The molecule has 0 spiro atoms. The molecule has 210 valence electrons. The third-order valence-corrected chi connectivity index (χ3v) is 5.50. The van der Waals surface area contributed by atoms with Crippen molar-refractivity contribution in [3.63, 3.8) is 0 Å². The number of hydrogen-bond donors (Lipinski definition) is 4. The standard InChI is InChI=1S/C20H29N3O2.C6H8O7/c1-16-12-19(24-4)20(25-5)13-17(16)14-23(11-10-22(2)3)15-18-8-6-7-9-21-18;7-3(8)1-6(13,5(11)12)2-4(9)10/h6-9,12-13H,10-11,14-15H2,1-5H3;13H,1-2H2,(H,7,8)(H,9,10)(H,11,12). The second-order valence-corrected chi connectivity index (χ2v) is 8.95. The van der Waals surface area contributed by atoms with Crippen LogP contribution in [-0.2, 0) is 27.5 Å². The highest BCUT2D eigenvalue weighted by molar-refractivity contribution is 5.88. The van der Waals surface area contributed by atoms with Gasteiger partial charge in [0.25, 0.3) is 0 Å². The normalized spacial score (nSPS) is 11.1. The highest BCUT2D eigenvalue weighted by Gasteiger charge is 2.40. The van der Waals surface area contributed by atoms with Gasteiger partial charge in [0.1, 0.15) is 0 Å². The van der Waals surface area contributed by atoms with E-state index in [9.17, 15) is 14.4 Å². The topological polar surface area (TPSA) is 170 Å². The summed E-state index contributed by atoms with van der Waals surface area (Å²) in [4.78, 5) is 39.6.